The van der Waals surface area contributed by atoms with Gasteiger partial charge < -0.3 is 19.9 Å². The van der Waals surface area contributed by atoms with E-state index in [2.05, 4.69) is 5.32 Å². The van der Waals surface area contributed by atoms with Crippen molar-refractivity contribution in [2.45, 2.75) is 32.4 Å². The molecule has 21 heavy (non-hydrogen) atoms. The Kier molecular flexibility index (Phi) is 3.37. The van der Waals surface area contributed by atoms with E-state index in [1.54, 1.807) is 6.08 Å². The van der Waals surface area contributed by atoms with Gasteiger partial charge in [0.05, 0.1) is 6.10 Å². The Hall–Kier alpha value is -2.01. The van der Waals surface area contributed by atoms with Crippen LogP contribution in [0, 0.1) is 5.41 Å². The maximum atomic E-state index is 11.9. The van der Waals surface area contributed by atoms with Gasteiger partial charge in [-0.25, -0.2) is 0 Å². The summed E-state index contributed by atoms with van der Waals surface area (Å²) in [5, 5.41) is 12.6. The Morgan fingerprint density at radius 2 is 2.14 bits per heavy atom. The van der Waals surface area contributed by atoms with Crippen molar-refractivity contribution in [3.8, 4) is 11.5 Å². The summed E-state index contributed by atoms with van der Waals surface area (Å²) in [6.45, 7) is 4.14. The lowest BCUT2D eigenvalue weighted by atomic mass is 9.64. The zero-order chi connectivity index (χ0) is 15.0. The van der Waals surface area contributed by atoms with Crippen molar-refractivity contribution in [2.75, 3.05) is 6.79 Å². The molecule has 1 aliphatic heterocycles. The Morgan fingerprint density at radius 3 is 2.86 bits per heavy atom. The maximum absolute atomic E-state index is 11.9. The second-order valence-corrected chi connectivity index (χ2v) is 6.08. The fourth-order valence-corrected chi connectivity index (χ4v) is 2.56. The minimum absolute atomic E-state index is 0.0152. The first-order valence-electron chi connectivity index (χ1n) is 7.03. The second kappa shape index (κ2) is 5.07. The highest BCUT2D eigenvalue weighted by molar-refractivity contribution is 5.92. The van der Waals surface area contributed by atoms with Gasteiger partial charge in [-0.2, -0.15) is 0 Å². The van der Waals surface area contributed by atoms with Gasteiger partial charge in [-0.3, -0.25) is 4.79 Å². The van der Waals surface area contributed by atoms with E-state index < -0.39 is 0 Å². The van der Waals surface area contributed by atoms with Gasteiger partial charge in [0.1, 0.15) is 0 Å². The second-order valence-electron chi connectivity index (χ2n) is 6.08. The summed E-state index contributed by atoms with van der Waals surface area (Å²) < 4.78 is 10.5. The van der Waals surface area contributed by atoms with Crippen molar-refractivity contribution >= 4 is 12.0 Å². The molecule has 5 heteroatoms. The predicted octanol–water partition coefficient (Wildman–Crippen LogP) is 1.70. The van der Waals surface area contributed by atoms with Crippen molar-refractivity contribution in [1.29, 1.82) is 0 Å². The van der Waals surface area contributed by atoms with E-state index in [1.807, 2.05) is 32.0 Å². The first-order chi connectivity index (χ1) is 9.96. The number of benzene rings is 1. The number of carbonyl (C=O) groups is 1. The molecule has 2 N–H and O–H groups in total. The molecule has 1 amide bonds. The topological polar surface area (TPSA) is 67.8 Å². The van der Waals surface area contributed by atoms with Crippen LogP contribution in [0.5, 0.6) is 11.5 Å². The van der Waals surface area contributed by atoms with Crippen molar-refractivity contribution < 1.29 is 19.4 Å². The molecule has 1 fully saturated rings. The molecule has 5 nitrogen and oxygen atoms in total. The number of aliphatic hydroxyl groups is 1. The van der Waals surface area contributed by atoms with Crippen LogP contribution >= 0.6 is 0 Å². The lowest BCUT2D eigenvalue weighted by Gasteiger charge is -2.49. The molecule has 1 aliphatic carbocycles. The number of nitrogens with one attached hydrogen (secondary N) is 1. The summed E-state index contributed by atoms with van der Waals surface area (Å²) >= 11 is 0. The van der Waals surface area contributed by atoms with Crippen LogP contribution in [0.2, 0.25) is 0 Å². The Morgan fingerprint density at radius 1 is 1.38 bits per heavy atom. The summed E-state index contributed by atoms with van der Waals surface area (Å²) in [5.74, 6) is 1.26. The van der Waals surface area contributed by atoms with Crippen LogP contribution in [-0.2, 0) is 4.79 Å². The number of fused-ring (bicyclic) bond motifs is 1. The number of ether oxygens (including phenoxy) is 2. The molecule has 1 aromatic rings. The Balaban J connectivity index is 1.60. The number of amides is 1. The normalized spacial score (nSPS) is 25.7. The van der Waals surface area contributed by atoms with Gasteiger partial charge in [-0.05, 0) is 30.2 Å². The lowest BCUT2D eigenvalue weighted by molar-refractivity contribution is -0.124. The van der Waals surface area contributed by atoms with Crippen LogP contribution in [0.4, 0.5) is 0 Å². The predicted molar refractivity (Wildman–Crippen MR) is 77.9 cm³/mol. The monoisotopic (exact) mass is 289 g/mol. The first kappa shape index (κ1) is 13.9. The van der Waals surface area contributed by atoms with Crippen molar-refractivity contribution in [2.24, 2.45) is 5.41 Å². The van der Waals surface area contributed by atoms with Gasteiger partial charge in [-0.15, -0.1) is 0 Å². The Bertz CT molecular complexity index is 594. The Labute approximate surface area is 123 Å². The number of aliphatic hydroxyl groups excluding tert-OH is 1. The molecule has 3 rings (SSSR count). The largest absolute Gasteiger partial charge is 0.454 e. The molecule has 112 valence electrons. The summed E-state index contributed by atoms with van der Waals surface area (Å²) in [4.78, 5) is 11.9. The van der Waals surface area contributed by atoms with Crippen LogP contribution in [0.15, 0.2) is 24.3 Å². The van der Waals surface area contributed by atoms with Gasteiger partial charge >= 0.3 is 0 Å². The van der Waals surface area contributed by atoms with Crippen molar-refractivity contribution in [3.05, 3.63) is 29.8 Å². The van der Waals surface area contributed by atoms with E-state index in [1.165, 1.54) is 6.08 Å². The standard InChI is InChI=1S/C16H19NO4/c1-16(2)13(8-14(16)18)17-15(19)6-4-10-3-5-11-12(7-10)21-9-20-11/h3-7,13-14,18H,8-9H2,1-2H3,(H,17,19)/b6-4+. The van der Waals surface area contributed by atoms with E-state index in [0.29, 0.717) is 12.2 Å². The summed E-state index contributed by atoms with van der Waals surface area (Å²) in [5.41, 5.74) is 0.615. The van der Waals surface area contributed by atoms with Crippen LogP contribution in [-0.4, -0.2) is 30.0 Å². The van der Waals surface area contributed by atoms with Gasteiger partial charge in [0.15, 0.2) is 11.5 Å². The molecule has 1 aromatic carbocycles. The minimum atomic E-state index is -0.347. The highest BCUT2D eigenvalue weighted by Gasteiger charge is 2.47. The van der Waals surface area contributed by atoms with Crippen molar-refractivity contribution in [1.82, 2.24) is 5.32 Å². The first-order valence-corrected chi connectivity index (χ1v) is 7.03. The number of hydrogen-bond acceptors (Lipinski definition) is 4. The average molecular weight is 289 g/mol. The molecule has 1 heterocycles. The third-order valence-electron chi connectivity index (χ3n) is 4.36. The fraction of sp³-hybridized carbons (Fsp3) is 0.438. The van der Waals surface area contributed by atoms with E-state index in [4.69, 9.17) is 9.47 Å². The molecule has 2 unspecified atom stereocenters. The fourth-order valence-electron chi connectivity index (χ4n) is 2.56. The highest BCUT2D eigenvalue weighted by Crippen LogP contribution is 2.40. The van der Waals surface area contributed by atoms with Gasteiger partial charge in [-0.1, -0.05) is 19.9 Å². The molecule has 0 spiro atoms. The third-order valence-corrected chi connectivity index (χ3v) is 4.36. The zero-order valence-corrected chi connectivity index (χ0v) is 12.1. The number of hydrogen-bond donors (Lipinski definition) is 2. The number of carbonyl (C=O) groups excluding carboxylic acids is 1. The van der Waals surface area contributed by atoms with Crippen LogP contribution in [0.3, 0.4) is 0 Å². The lowest BCUT2D eigenvalue weighted by Crippen LogP contribution is -2.60. The van der Waals surface area contributed by atoms with Crippen molar-refractivity contribution in [3.63, 3.8) is 0 Å². The summed E-state index contributed by atoms with van der Waals surface area (Å²) in [6, 6.07) is 5.55. The van der Waals surface area contributed by atoms with E-state index >= 15 is 0 Å². The molecular weight excluding hydrogens is 270 g/mol. The zero-order valence-electron chi connectivity index (χ0n) is 12.1. The smallest absolute Gasteiger partial charge is 0.244 e. The maximum Gasteiger partial charge on any atom is 0.244 e. The molecule has 0 saturated heterocycles. The molecular formula is C16H19NO4. The highest BCUT2D eigenvalue weighted by atomic mass is 16.7. The van der Waals surface area contributed by atoms with E-state index in [0.717, 1.165) is 11.3 Å². The molecule has 0 aromatic heterocycles. The summed E-state index contributed by atoms with van der Waals surface area (Å²) in [7, 11) is 0. The van der Waals surface area contributed by atoms with Crippen LogP contribution < -0.4 is 14.8 Å². The molecule has 0 radical (unpaired) electrons. The van der Waals surface area contributed by atoms with E-state index in [9.17, 15) is 9.90 Å². The molecule has 2 atom stereocenters. The van der Waals surface area contributed by atoms with Crippen LogP contribution in [0.1, 0.15) is 25.8 Å². The average Bonchev–Trinajstić information content (AvgIpc) is 2.92. The molecule has 2 aliphatic rings. The van der Waals surface area contributed by atoms with Gasteiger partial charge in [0.25, 0.3) is 0 Å². The quantitative estimate of drug-likeness (QED) is 0.831. The van der Waals surface area contributed by atoms with E-state index in [-0.39, 0.29) is 30.3 Å². The SMILES string of the molecule is CC1(C)C(O)CC1NC(=O)/C=C/c1ccc2c(c1)OCO2. The molecule has 1 saturated carbocycles. The summed E-state index contributed by atoms with van der Waals surface area (Å²) in [6.07, 6.45) is 3.49. The minimum Gasteiger partial charge on any atom is -0.454 e. The third kappa shape index (κ3) is 2.61. The number of rotatable bonds is 3. The molecule has 0 bridgehead atoms. The van der Waals surface area contributed by atoms with Gasteiger partial charge in [0.2, 0.25) is 12.7 Å². The van der Waals surface area contributed by atoms with Gasteiger partial charge in [0, 0.05) is 17.5 Å². The van der Waals surface area contributed by atoms with Crippen LogP contribution in [0.25, 0.3) is 6.08 Å².